The molecule has 1 aliphatic carbocycles. The monoisotopic (exact) mass is 163 g/mol. The van der Waals surface area contributed by atoms with E-state index >= 15 is 0 Å². The number of aryl methyl sites for hydroxylation is 1. The highest BCUT2D eigenvalue weighted by molar-refractivity contribution is 5.50. The zero-order valence-corrected chi connectivity index (χ0v) is 7.17. The van der Waals surface area contributed by atoms with Gasteiger partial charge in [-0.25, -0.2) is 0 Å². The molecule has 0 aromatic heterocycles. The molecule has 0 bridgehead atoms. The number of rotatable bonds is 1. The number of hydrogen-bond acceptors (Lipinski definition) is 2. The van der Waals surface area contributed by atoms with Crippen LogP contribution in [0.5, 0.6) is 0 Å². The molecular weight excluding hydrogens is 150 g/mol. The van der Waals surface area contributed by atoms with Crippen LogP contribution < -0.4 is 5.32 Å². The van der Waals surface area contributed by atoms with Crippen LogP contribution in [0.3, 0.4) is 0 Å². The van der Waals surface area contributed by atoms with Crippen LogP contribution in [-0.4, -0.2) is 12.2 Å². The van der Waals surface area contributed by atoms with Crippen molar-refractivity contribution in [1.29, 1.82) is 0 Å². The maximum Gasteiger partial charge on any atom is 0.0796 e. The van der Waals surface area contributed by atoms with E-state index < -0.39 is 0 Å². The van der Waals surface area contributed by atoms with Gasteiger partial charge in [0.25, 0.3) is 0 Å². The molecule has 0 aliphatic heterocycles. The van der Waals surface area contributed by atoms with Crippen molar-refractivity contribution in [2.45, 2.75) is 18.9 Å². The Morgan fingerprint density at radius 3 is 3.08 bits per heavy atom. The van der Waals surface area contributed by atoms with Gasteiger partial charge in [0.2, 0.25) is 0 Å². The second kappa shape index (κ2) is 2.79. The first kappa shape index (κ1) is 7.62. The SMILES string of the molecule is CNc1ccc2c(c1)C(O)CC2. The Morgan fingerprint density at radius 1 is 1.50 bits per heavy atom. The number of nitrogens with one attached hydrogen (secondary N) is 1. The molecule has 0 saturated heterocycles. The van der Waals surface area contributed by atoms with Gasteiger partial charge in [-0.3, -0.25) is 0 Å². The third-order valence-electron chi connectivity index (χ3n) is 2.48. The van der Waals surface area contributed by atoms with E-state index in [0.29, 0.717) is 0 Å². The zero-order chi connectivity index (χ0) is 8.55. The molecule has 0 heterocycles. The van der Waals surface area contributed by atoms with Crippen molar-refractivity contribution in [3.8, 4) is 0 Å². The Bertz CT molecular complexity index is 296. The number of fused-ring (bicyclic) bond motifs is 1. The topological polar surface area (TPSA) is 32.3 Å². The van der Waals surface area contributed by atoms with E-state index in [4.69, 9.17) is 0 Å². The lowest BCUT2D eigenvalue weighted by Crippen LogP contribution is -1.93. The van der Waals surface area contributed by atoms with Gasteiger partial charge in [0.1, 0.15) is 0 Å². The third kappa shape index (κ3) is 1.08. The van der Waals surface area contributed by atoms with Gasteiger partial charge in [0.15, 0.2) is 0 Å². The lowest BCUT2D eigenvalue weighted by atomic mass is 10.1. The minimum atomic E-state index is -0.242. The van der Waals surface area contributed by atoms with Crippen LogP contribution in [0.1, 0.15) is 23.7 Å². The Kier molecular flexibility index (Phi) is 1.77. The fourth-order valence-corrected chi connectivity index (χ4v) is 1.74. The first-order valence-corrected chi connectivity index (χ1v) is 4.30. The predicted octanol–water partition coefficient (Wildman–Crippen LogP) is 1.71. The standard InChI is InChI=1S/C10H13NO/c1-11-8-4-2-7-3-5-10(12)9(7)6-8/h2,4,6,10-12H,3,5H2,1H3. The number of anilines is 1. The first-order valence-electron chi connectivity index (χ1n) is 4.30. The quantitative estimate of drug-likeness (QED) is 0.660. The molecule has 0 saturated carbocycles. The van der Waals surface area contributed by atoms with E-state index in [-0.39, 0.29) is 6.10 Å². The molecule has 2 heteroatoms. The molecule has 1 aromatic rings. The number of hydrogen-bond donors (Lipinski definition) is 2. The van der Waals surface area contributed by atoms with Crippen molar-refractivity contribution in [1.82, 2.24) is 0 Å². The molecule has 64 valence electrons. The van der Waals surface area contributed by atoms with E-state index in [1.165, 1.54) is 5.56 Å². The summed E-state index contributed by atoms with van der Waals surface area (Å²) in [6.45, 7) is 0. The molecule has 1 unspecified atom stereocenters. The van der Waals surface area contributed by atoms with Gasteiger partial charge < -0.3 is 10.4 Å². The molecule has 0 spiro atoms. The third-order valence-corrected chi connectivity index (χ3v) is 2.48. The van der Waals surface area contributed by atoms with E-state index in [2.05, 4.69) is 17.4 Å². The molecule has 12 heavy (non-hydrogen) atoms. The van der Waals surface area contributed by atoms with Crippen LogP contribution in [0.25, 0.3) is 0 Å². The van der Waals surface area contributed by atoms with Gasteiger partial charge in [0.05, 0.1) is 6.10 Å². The van der Waals surface area contributed by atoms with Crippen molar-refractivity contribution < 1.29 is 5.11 Å². The van der Waals surface area contributed by atoms with Gasteiger partial charge in [-0.05, 0) is 36.1 Å². The summed E-state index contributed by atoms with van der Waals surface area (Å²) in [6, 6.07) is 6.18. The van der Waals surface area contributed by atoms with Crippen LogP contribution in [-0.2, 0) is 6.42 Å². The summed E-state index contributed by atoms with van der Waals surface area (Å²) in [4.78, 5) is 0. The minimum absolute atomic E-state index is 0.242. The summed E-state index contributed by atoms with van der Waals surface area (Å²) >= 11 is 0. The van der Waals surface area contributed by atoms with Crippen LogP contribution in [0.4, 0.5) is 5.69 Å². The Morgan fingerprint density at radius 2 is 2.33 bits per heavy atom. The summed E-state index contributed by atoms with van der Waals surface area (Å²) in [5, 5.41) is 12.6. The zero-order valence-electron chi connectivity index (χ0n) is 7.17. The van der Waals surface area contributed by atoms with Crippen LogP contribution in [0.2, 0.25) is 0 Å². The highest BCUT2D eigenvalue weighted by Gasteiger charge is 2.19. The number of benzene rings is 1. The molecule has 1 aliphatic rings. The van der Waals surface area contributed by atoms with Crippen molar-refractivity contribution >= 4 is 5.69 Å². The smallest absolute Gasteiger partial charge is 0.0796 e. The predicted molar refractivity (Wildman–Crippen MR) is 49.3 cm³/mol. The minimum Gasteiger partial charge on any atom is -0.388 e. The molecule has 0 radical (unpaired) electrons. The van der Waals surface area contributed by atoms with E-state index in [1.807, 2.05) is 13.1 Å². The molecule has 1 aromatic carbocycles. The normalized spacial score (nSPS) is 20.7. The second-order valence-electron chi connectivity index (χ2n) is 3.22. The van der Waals surface area contributed by atoms with Crippen molar-refractivity contribution in [2.75, 3.05) is 12.4 Å². The van der Waals surface area contributed by atoms with E-state index in [9.17, 15) is 5.11 Å². The summed E-state index contributed by atoms with van der Waals surface area (Å²) in [5.41, 5.74) is 3.47. The summed E-state index contributed by atoms with van der Waals surface area (Å²) < 4.78 is 0. The van der Waals surface area contributed by atoms with Crippen LogP contribution in [0.15, 0.2) is 18.2 Å². The molecule has 2 N–H and O–H groups in total. The average Bonchev–Trinajstić information content (AvgIpc) is 2.47. The molecule has 2 nitrogen and oxygen atoms in total. The summed E-state index contributed by atoms with van der Waals surface area (Å²) in [7, 11) is 1.89. The maximum atomic E-state index is 9.57. The Balaban J connectivity index is 2.43. The largest absolute Gasteiger partial charge is 0.388 e. The van der Waals surface area contributed by atoms with E-state index in [1.54, 1.807) is 0 Å². The van der Waals surface area contributed by atoms with Crippen LogP contribution in [0, 0.1) is 0 Å². The fourth-order valence-electron chi connectivity index (χ4n) is 1.74. The van der Waals surface area contributed by atoms with Gasteiger partial charge in [-0.15, -0.1) is 0 Å². The van der Waals surface area contributed by atoms with Gasteiger partial charge in [-0.1, -0.05) is 6.07 Å². The summed E-state index contributed by atoms with van der Waals surface area (Å²) in [6.07, 6.45) is 1.65. The van der Waals surface area contributed by atoms with Crippen molar-refractivity contribution in [2.24, 2.45) is 0 Å². The molecular formula is C10H13NO. The van der Waals surface area contributed by atoms with Gasteiger partial charge in [-0.2, -0.15) is 0 Å². The Hall–Kier alpha value is -1.02. The average molecular weight is 163 g/mol. The number of aliphatic hydroxyl groups excluding tert-OH is 1. The molecule has 2 rings (SSSR count). The maximum absolute atomic E-state index is 9.57. The van der Waals surface area contributed by atoms with Gasteiger partial charge >= 0.3 is 0 Å². The number of aliphatic hydroxyl groups is 1. The van der Waals surface area contributed by atoms with Crippen molar-refractivity contribution in [3.05, 3.63) is 29.3 Å². The fraction of sp³-hybridized carbons (Fsp3) is 0.400. The molecule has 0 amide bonds. The Labute approximate surface area is 72.2 Å². The van der Waals surface area contributed by atoms with Crippen LogP contribution >= 0.6 is 0 Å². The molecule has 0 fully saturated rings. The van der Waals surface area contributed by atoms with E-state index in [0.717, 1.165) is 24.1 Å². The lowest BCUT2D eigenvalue weighted by molar-refractivity contribution is 0.180. The van der Waals surface area contributed by atoms with Gasteiger partial charge in [0, 0.05) is 12.7 Å². The molecule has 1 atom stereocenters. The van der Waals surface area contributed by atoms with Crippen molar-refractivity contribution in [3.63, 3.8) is 0 Å². The second-order valence-corrected chi connectivity index (χ2v) is 3.22. The lowest BCUT2D eigenvalue weighted by Gasteiger charge is -2.06. The highest BCUT2D eigenvalue weighted by Crippen LogP contribution is 2.32. The summed E-state index contributed by atoms with van der Waals surface area (Å²) in [5.74, 6) is 0. The highest BCUT2D eigenvalue weighted by atomic mass is 16.3. The first-order chi connectivity index (χ1) is 5.81.